The van der Waals surface area contributed by atoms with Crippen molar-refractivity contribution in [2.45, 2.75) is 64.9 Å². The van der Waals surface area contributed by atoms with Gasteiger partial charge in [0.15, 0.2) is 0 Å². The molecule has 2 aromatic heterocycles. The van der Waals surface area contributed by atoms with E-state index in [9.17, 15) is 4.79 Å². The van der Waals surface area contributed by atoms with E-state index in [2.05, 4.69) is 51.6 Å². The summed E-state index contributed by atoms with van der Waals surface area (Å²) in [5, 5.41) is 7.45. The molecule has 0 spiro atoms. The number of nitrogens with zero attached hydrogens (tertiary/aromatic N) is 4. The number of amides is 1. The van der Waals surface area contributed by atoms with Crippen LogP contribution >= 0.6 is 0 Å². The quantitative estimate of drug-likeness (QED) is 0.463. The number of benzene rings is 1. The van der Waals surface area contributed by atoms with Crippen molar-refractivity contribution in [2.24, 2.45) is 0 Å². The molecule has 4 rings (SSSR count). The van der Waals surface area contributed by atoms with E-state index >= 15 is 0 Å². The highest BCUT2D eigenvalue weighted by Crippen LogP contribution is 2.29. The first-order valence-electron chi connectivity index (χ1n) is 11.9. The van der Waals surface area contributed by atoms with Gasteiger partial charge in [-0.2, -0.15) is 4.98 Å². The molecule has 1 amide bonds. The minimum Gasteiger partial charge on any atom is -0.444 e. The molecule has 8 nitrogen and oxygen atoms in total. The topological polar surface area (TPSA) is 93.4 Å². The highest BCUT2D eigenvalue weighted by molar-refractivity contribution is 5.68. The minimum absolute atomic E-state index is 0.00275. The predicted octanol–water partition coefficient (Wildman–Crippen LogP) is 5.94. The van der Waals surface area contributed by atoms with Crippen LogP contribution in [0, 0.1) is 0 Å². The summed E-state index contributed by atoms with van der Waals surface area (Å²) in [6, 6.07) is 12.3. The summed E-state index contributed by atoms with van der Waals surface area (Å²) in [5.41, 5.74) is 2.61. The van der Waals surface area contributed by atoms with Gasteiger partial charge in [-0.15, -0.1) is 0 Å². The number of nitrogens with one attached hydrogen (secondary N) is 1. The van der Waals surface area contributed by atoms with Crippen LogP contribution < -0.4 is 5.32 Å². The highest BCUT2D eigenvalue weighted by Gasteiger charge is 2.33. The number of ether oxygens (including phenoxy) is 1. The van der Waals surface area contributed by atoms with Gasteiger partial charge in [-0.05, 0) is 69.9 Å². The normalized spacial score (nSPS) is 16.0. The van der Waals surface area contributed by atoms with E-state index < -0.39 is 5.60 Å². The lowest BCUT2D eigenvalue weighted by atomic mass is 10.1. The SMILES string of the molecule is CCCCc1ccc(Nc2ccc(-c3noc([C@@H]4CCN(C(=O)OC(C)(C)C)C4)n3)cn2)cc1. The number of hydrogen-bond acceptors (Lipinski definition) is 7. The van der Waals surface area contributed by atoms with Crippen LogP contribution in [0.3, 0.4) is 0 Å². The molecule has 180 valence electrons. The first-order chi connectivity index (χ1) is 16.3. The first-order valence-corrected chi connectivity index (χ1v) is 11.9. The summed E-state index contributed by atoms with van der Waals surface area (Å²) < 4.78 is 11.0. The number of likely N-dealkylation sites (tertiary alicyclic amines) is 1. The Labute approximate surface area is 200 Å². The fourth-order valence-corrected chi connectivity index (χ4v) is 3.86. The van der Waals surface area contributed by atoms with Crippen LogP contribution in [0.5, 0.6) is 0 Å². The Hall–Kier alpha value is -3.42. The summed E-state index contributed by atoms with van der Waals surface area (Å²) >= 11 is 0. The fourth-order valence-electron chi connectivity index (χ4n) is 3.86. The second kappa shape index (κ2) is 10.2. The van der Waals surface area contributed by atoms with E-state index in [1.165, 1.54) is 18.4 Å². The average Bonchev–Trinajstić information content (AvgIpc) is 3.48. The lowest BCUT2D eigenvalue weighted by Crippen LogP contribution is -2.35. The zero-order valence-electron chi connectivity index (χ0n) is 20.4. The zero-order valence-corrected chi connectivity index (χ0v) is 20.4. The standard InChI is InChI=1S/C26H33N5O3/c1-5-6-7-18-8-11-21(12-9-18)28-22-13-10-19(16-27-22)23-29-24(34-30-23)20-14-15-31(17-20)25(32)33-26(2,3)4/h8-13,16,20H,5-7,14-15,17H2,1-4H3,(H,27,28)/t20-/m1/s1. The maximum atomic E-state index is 12.3. The van der Waals surface area contributed by atoms with Crippen molar-refractivity contribution in [1.29, 1.82) is 0 Å². The van der Waals surface area contributed by atoms with Crippen LogP contribution in [0.15, 0.2) is 47.1 Å². The number of carbonyl (C=O) groups excluding carboxylic acids is 1. The Balaban J connectivity index is 1.34. The molecule has 0 radical (unpaired) electrons. The molecule has 3 aromatic rings. The third-order valence-electron chi connectivity index (χ3n) is 5.70. The zero-order chi connectivity index (χ0) is 24.1. The largest absolute Gasteiger partial charge is 0.444 e. The molecule has 0 unspecified atom stereocenters. The van der Waals surface area contributed by atoms with Crippen molar-refractivity contribution < 1.29 is 14.1 Å². The Bertz CT molecular complexity index is 1090. The van der Waals surface area contributed by atoms with Gasteiger partial charge in [-0.3, -0.25) is 0 Å². The minimum atomic E-state index is -0.515. The van der Waals surface area contributed by atoms with E-state index in [0.29, 0.717) is 24.8 Å². The molecule has 34 heavy (non-hydrogen) atoms. The number of rotatable bonds is 7. The monoisotopic (exact) mass is 463 g/mol. The Morgan fingerprint density at radius 3 is 2.68 bits per heavy atom. The van der Waals surface area contributed by atoms with Gasteiger partial charge in [-0.25, -0.2) is 9.78 Å². The lowest BCUT2D eigenvalue weighted by Gasteiger charge is -2.24. The van der Waals surface area contributed by atoms with Gasteiger partial charge in [0.05, 0.1) is 5.92 Å². The van der Waals surface area contributed by atoms with Gasteiger partial charge in [0.2, 0.25) is 11.7 Å². The Morgan fingerprint density at radius 2 is 2.00 bits per heavy atom. The molecule has 1 aliphatic rings. The number of aryl methyl sites for hydroxylation is 1. The summed E-state index contributed by atoms with van der Waals surface area (Å²) in [5.74, 6) is 1.78. The van der Waals surface area contributed by atoms with E-state index in [-0.39, 0.29) is 12.0 Å². The third kappa shape index (κ3) is 6.12. The molecule has 0 bridgehead atoms. The number of hydrogen-bond donors (Lipinski definition) is 1. The van der Waals surface area contributed by atoms with E-state index in [1.807, 2.05) is 32.9 Å². The summed E-state index contributed by atoms with van der Waals surface area (Å²) in [4.78, 5) is 23.1. The van der Waals surface area contributed by atoms with Gasteiger partial charge in [0, 0.05) is 30.5 Å². The molecule has 8 heteroatoms. The summed E-state index contributed by atoms with van der Waals surface area (Å²) in [7, 11) is 0. The lowest BCUT2D eigenvalue weighted by molar-refractivity contribution is 0.0291. The fraction of sp³-hybridized carbons (Fsp3) is 0.462. The summed E-state index contributed by atoms with van der Waals surface area (Å²) in [6.07, 6.45) is 5.70. The predicted molar refractivity (Wildman–Crippen MR) is 131 cm³/mol. The molecule has 1 aliphatic heterocycles. The number of aromatic nitrogens is 3. The van der Waals surface area contributed by atoms with Gasteiger partial charge in [-0.1, -0.05) is 30.6 Å². The molecule has 0 saturated carbocycles. The molecule has 1 saturated heterocycles. The average molecular weight is 464 g/mol. The van der Waals surface area contributed by atoms with Crippen LogP contribution in [0.2, 0.25) is 0 Å². The van der Waals surface area contributed by atoms with Crippen molar-refractivity contribution in [3.8, 4) is 11.4 Å². The number of unbranched alkanes of at least 4 members (excludes halogenated alkanes) is 1. The van der Waals surface area contributed by atoms with Gasteiger partial charge in [0.1, 0.15) is 11.4 Å². The Morgan fingerprint density at radius 1 is 1.21 bits per heavy atom. The van der Waals surface area contributed by atoms with Crippen molar-refractivity contribution in [3.63, 3.8) is 0 Å². The van der Waals surface area contributed by atoms with E-state index in [1.54, 1.807) is 11.1 Å². The van der Waals surface area contributed by atoms with Crippen molar-refractivity contribution in [2.75, 3.05) is 18.4 Å². The molecule has 1 fully saturated rings. The molecular formula is C26H33N5O3. The molecular weight excluding hydrogens is 430 g/mol. The third-order valence-corrected chi connectivity index (χ3v) is 5.70. The molecule has 1 aromatic carbocycles. The van der Waals surface area contributed by atoms with E-state index in [0.717, 1.165) is 29.9 Å². The van der Waals surface area contributed by atoms with Gasteiger partial charge in [0.25, 0.3) is 0 Å². The Kier molecular flexibility index (Phi) is 7.14. The number of carbonyl (C=O) groups is 1. The van der Waals surface area contributed by atoms with Gasteiger partial charge >= 0.3 is 6.09 Å². The second-order valence-corrected chi connectivity index (χ2v) is 9.73. The maximum Gasteiger partial charge on any atom is 0.410 e. The molecule has 0 aliphatic carbocycles. The van der Waals surface area contributed by atoms with Crippen LogP contribution in [0.1, 0.15) is 64.3 Å². The van der Waals surface area contributed by atoms with Crippen LogP contribution in [0.4, 0.5) is 16.3 Å². The smallest absolute Gasteiger partial charge is 0.410 e. The second-order valence-electron chi connectivity index (χ2n) is 9.73. The van der Waals surface area contributed by atoms with Crippen LogP contribution in [-0.2, 0) is 11.2 Å². The van der Waals surface area contributed by atoms with Crippen LogP contribution in [-0.4, -0.2) is 44.8 Å². The molecule has 1 atom stereocenters. The summed E-state index contributed by atoms with van der Waals surface area (Å²) in [6.45, 7) is 8.91. The van der Waals surface area contributed by atoms with Gasteiger partial charge < -0.3 is 19.5 Å². The van der Waals surface area contributed by atoms with Crippen LogP contribution in [0.25, 0.3) is 11.4 Å². The van der Waals surface area contributed by atoms with Crippen molar-refractivity contribution >= 4 is 17.6 Å². The molecule has 1 N–H and O–H groups in total. The number of anilines is 2. The van der Waals surface area contributed by atoms with Crippen molar-refractivity contribution in [1.82, 2.24) is 20.0 Å². The highest BCUT2D eigenvalue weighted by atomic mass is 16.6. The van der Waals surface area contributed by atoms with E-state index in [4.69, 9.17) is 9.26 Å². The first kappa shape index (κ1) is 23.7. The number of pyridine rings is 1. The molecule has 3 heterocycles. The van der Waals surface area contributed by atoms with Crippen molar-refractivity contribution in [3.05, 3.63) is 54.0 Å². The maximum absolute atomic E-state index is 12.3.